The number of likely N-dealkylation sites (N-methyl/N-ethyl adjacent to an activating group) is 1. The standard InChI is InChI=1S/C11H20N2O3S/c1-13(2)11(4-3-5-11)8-12-9(14)6-17-7-10(15)16/h3-8H2,1-2H3,(H,12,14)(H,15,16). The molecule has 1 amide bonds. The second-order valence-electron chi connectivity index (χ2n) is 4.64. The Bertz CT molecular complexity index is 290. The van der Waals surface area contributed by atoms with Crippen LogP contribution in [0.2, 0.25) is 0 Å². The van der Waals surface area contributed by atoms with Crippen LogP contribution in [0.1, 0.15) is 19.3 Å². The van der Waals surface area contributed by atoms with Crippen LogP contribution in [0.5, 0.6) is 0 Å². The van der Waals surface area contributed by atoms with Gasteiger partial charge in [0.1, 0.15) is 0 Å². The molecule has 0 bridgehead atoms. The Labute approximate surface area is 106 Å². The minimum Gasteiger partial charge on any atom is -0.481 e. The topological polar surface area (TPSA) is 69.6 Å². The molecule has 0 aromatic heterocycles. The van der Waals surface area contributed by atoms with Crippen molar-refractivity contribution < 1.29 is 14.7 Å². The van der Waals surface area contributed by atoms with Crippen LogP contribution in [0.15, 0.2) is 0 Å². The summed E-state index contributed by atoms with van der Waals surface area (Å²) in [5, 5.41) is 11.3. The lowest BCUT2D eigenvalue weighted by Crippen LogP contribution is -2.57. The van der Waals surface area contributed by atoms with Crippen molar-refractivity contribution in [3.63, 3.8) is 0 Å². The molecule has 1 fully saturated rings. The first-order valence-electron chi connectivity index (χ1n) is 5.70. The number of carbonyl (C=O) groups is 2. The molecule has 5 nitrogen and oxygen atoms in total. The van der Waals surface area contributed by atoms with Crippen molar-refractivity contribution in [2.24, 2.45) is 0 Å². The van der Waals surface area contributed by atoms with Gasteiger partial charge in [0.25, 0.3) is 0 Å². The number of rotatable bonds is 7. The molecule has 0 aliphatic heterocycles. The number of nitrogens with one attached hydrogen (secondary N) is 1. The zero-order chi connectivity index (χ0) is 12.9. The van der Waals surface area contributed by atoms with Crippen molar-refractivity contribution in [3.05, 3.63) is 0 Å². The molecule has 0 radical (unpaired) electrons. The van der Waals surface area contributed by atoms with Gasteiger partial charge >= 0.3 is 5.97 Å². The molecule has 1 saturated carbocycles. The van der Waals surface area contributed by atoms with E-state index in [0.717, 1.165) is 24.6 Å². The molecule has 1 rings (SSSR count). The van der Waals surface area contributed by atoms with Gasteiger partial charge in [-0.15, -0.1) is 11.8 Å². The molecule has 98 valence electrons. The highest BCUT2D eigenvalue weighted by Crippen LogP contribution is 2.35. The molecule has 0 unspecified atom stereocenters. The zero-order valence-corrected chi connectivity index (χ0v) is 11.2. The zero-order valence-electron chi connectivity index (χ0n) is 10.4. The van der Waals surface area contributed by atoms with Gasteiger partial charge in [-0.1, -0.05) is 0 Å². The molecule has 0 aromatic carbocycles. The third kappa shape index (κ3) is 4.20. The van der Waals surface area contributed by atoms with Crippen LogP contribution in [-0.4, -0.2) is 59.6 Å². The van der Waals surface area contributed by atoms with E-state index in [1.165, 1.54) is 6.42 Å². The molecular weight excluding hydrogens is 240 g/mol. The van der Waals surface area contributed by atoms with Crippen molar-refractivity contribution in [2.75, 3.05) is 32.1 Å². The monoisotopic (exact) mass is 260 g/mol. The van der Waals surface area contributed by atoms with E-state index in [4.69, 9.17) is 5.11 Å². The Morgan fingerprint density at radius 1 is 1.35 bits per heavy atom. The van der Waals surface area contributed by atoms with Crippen molar-refractivity contribution in [2.45, 2.75) is 24.8 Å². The van der Waals surface area contributed by atoms with Crippen LogP contribution in [0.3, 0.4) is 0 Å². The van der Waals surface area contributed by atoms with E-state index in [2.05, 4.69) is 10.2 Å². The van der Waals surface area contributed by atoms with E-state index in [9.17, 15) is 9.59 Å². The van der Waals surface area contributed by atoms with E-state index in [-0.39, 0.29) is 23.0 Å². The second kappa shape index (κ2) is 6.26. The summed E-state index contributed by atoms with van der Waals surface area (Å²) in [6.45, 7) is 0.659. The van der Waals surface area contributed by atoms with Crippen molar-refractivity contribution in [1.29, 1.82) is 0 Å². The summed E-state index contributed by atoms with van der Waals surface area (Å²) >= 11 is 1.13. The SMILES string of the molecule is CN(C)C1(CNC(=O)CSCC(=O)O)CCC1. The highest BCUT2D eigenvalue weighted by atomic mass is 32.2. The molecular formula is C11H20N2O3S. The summed E-state index contributed by atoms with van der Waals surface area (Å²) in [5.74, 6) is -0.766. The number of amides is 1. The van der Waals surface area contributed by atoms with Crippen LogP contribution < -0.4 is 5.32 Å². The quantitative estimate of drug-likeness (QED) is 0.693. The molecule has 1 aliphatic rings. The maximum Gasteiger partial charge on any atom is 0.313 e. The molecule has 0 saturated heterocycles. The Kier molecular flexibility index (Phi) is 5.27. The summed E-state index contributed by atoms with van der Waals surface area (Å²) in [5.41, 5.74) is 0.118. The minimum atomic E-state index is -0.883. The van der Waals surface area contributed by atoms with Gasteiger partial charge < -0.3 is 15.3 Å². The molecule has 0 atom stereocenters. The van der Waals surface area contributed by atoms with Gasteiger partial charge in [-0.05, 0) is 33.4 Å². The fraction of sp³-hybridized carbons (Fsp3) is 0.818. The Morgan fingerprint density at radius 2 is 2.00 bits per heavy atom. The lowest BCUT2D eigenvalue weighted by atomic mass is 9.75. The number of hydrogen-bond acceptors (Lipinski definition) is 4. The number of thioether (sulfide) groups is 1. The lowest BCUT2D eigenvalue weighted by molar-refractivity contribution is -0.133. The molecule has 0 heterocycles. The van der Waals surface area contributed by atoms with Crippen molar-refractivity contribution in [1.82, 2.24) is 10.2 Å². The highest BCUT2D eigenvalue weighted by molar-refractivity contribution is 8.00. The molecule has 2 N–H and O–H groups in total. The first-order chi connectivity index (χ1) is 7.96. The number of carboxylic acids is 1. The second-order valence-corrected chi connectivity index (χ2v) is 5.62. The van der Waals surface area contributed by atoms with Gasteiger partial charge in [0.2, 0.25) is 5.91 Å². The fourth-order valence-electron chi connectivity index (χ4n) is 1.91. The smallest absolute Gasteiger partial charge is 0.313 e. The molecule has 1 aliphatic carbocycles. The van der Waals surface area contributed by atoms with E-state index in [1.807, 2.05) is 14.1 Å². The number of carboxylic acid groups (broad SMARTS) is 1. The molecule has 0 spiro atoms. The van der Waals surface area contributed by atoms with Crippen LogP contribution in [-0.2, 0) is 9.59 Å². The van der Waals surface area contributed by atoms with Gasteiger partial charge in [0, 0.05) is 12.1 Å². The predicted octanol–water partition coefficient (Wildman–Crippen LogP) is 0.405. The normalized spacial score (nSPS) is 17.6. The summed E-state index contributed by atoms with van der Waals surface area (Å²) < 4.78 is 0. The van der Waals surface area contributed by atoms with Crippen LogP contribution >= 0.6 is 11.8 Å². The molecule has 6 heteroatoms. The van der Waals surface area contributed by atoms with E-state index in [1.54, 1.807) is 0 Å². The van der Waals surface area contributed by atoms with Crippen LogP contribution in [0.4, 0.5) is 0 Å². The van der Waals surface area contributed by atoms with Gasteiger partial charge in [-0.2, -0.15) is 0 Å². The Morgan fingerprint density at radius 3 is 2.41 bits per heavy atom. The van der Waals surface area contributed by atoms with E-state index >= 15 is 0 Å². The first kappa shape index (κ1) is 14.3. The predicted molar refractivity (Wildman–Crippen MR) is 68.2 cm³/mol. The summed E-state index contributed by atoms with van der Waals surface area (Å²) in [7, 11) is 4.06. The number of carbonyl (C=O) groups excluding carboxylic acids is 1. The van der Waals surface area contributed by atoms with Gasteiger partial charge in [0.15, 0.2) is 0 Å². The van der Waals surface area contributed by atoms with Gasteiger partial charge in [-0.25, -0.2) is 0 Å². The summed E-state index contributed by atoms with van der Waals surface area (Å²) in [6.07, 6.45) is 3.44. The van der Waals surface area contributed by atoms with Gasteiger partial charge in [0.05, 0.1) is 11.5 Å². The van der Waals surface area contributed by atoms with Crippen molar-refractivity contribution >= 4 is 23.6 Å². The maximum atomic E-state index is 11.5. The van der Waals surface area contributed by atoms with E-state index in [0.29, 0.717) is 6.54 Å². The van der Waals surface area contributed by atoms with E-state index < -0.39 is 5.97 Å². The summed E-state index contributed by atoms with van der Waals surface area (Å²) in [4.78, 5) is 23.9. The third-order valence-corrected chi connectivity index (χ3v) is 4.22. The third-order valence-electron chi connectivity index (χ3n) is 3.31. The Balaban J connectivity index is 2.21. The highest BCUT2D eigenvalue weighted by Gasteiger charge is 2.38. The number of nitrogens with zero attached hydrogens (tertiary/aromatic N) is 1. The first-order valence-corrected chi connectivity index (χ1v) is 6.85. The molecule has 17 heavy (non-hydrogen) atoms. The Hall–Kier alpha value is -0.750. The fourth-order valence-corrected chi connectivity index (χ4v) is 2.48. The average Bonchev–Trinajstić information content (AvgIpc) is 2.14. The van der Waals surface area contributed by atoms with Crippen molar-refractivity contribution in [3.8, 4) is 0 Å². The number of aliphatic carboxylic acids is 1. The lowest BCUT2D eigenvalue weighted by Gasteiger charge is -2.47. The minimum absolute atomic E-state index is 0.0216. The largest absolute Gasteiger partial charge is 0.481 e. The van der Waals surface area contributed by atoms with Crippen LogP contribution in [0, 0.1) is 0 Å². The maximum absolute atomic E-state index is 11.5. The summed E-state index contributed by atoms with van der Waals surface area (Å²) in [6, 6.07) is 0. The molecule has 0 aromatic rings. The number of hydrogen-bond donors (Lipinski definition) is 2. The average molecular weight is 260 g/mol. The van der Waals surface area contributed by atoms with Gasteiger partial charge in [-0.3, -0.25) is 9.59 Å². The van der Waals surface area contributed by atoms with Crippen LogP contribution in [0.25, 0.3) is 0 Å².